The highest BCUT2D eigenvalue weighted by Crippen LogP contribution is 2.35. The number of nitrogens with zero attached hydrogens (tertiary/aromatic N) is 2. The fraction of sp³-hybridized carbons (Fsp3) is 0.222. The third kappa shape index (κ3) is 4.61. The zero-order valence-corrected chi connectivity index (χ0v) is 22.2. The van der Waals surface area contributed by atoms with Crippen LogP contribution in [0.5, 0.6) is 0 Å². The molecule has 2 N–H and O–H groups in total. The number of rotatable bonds is 5. The Morgan fingerprint density at radius 1 is 1.14 bits per heavy atom. The van der Waals surface area contributed by atoms with Crippen LogP contribution in [0.25, 0.3) is 22.2 Å². The fourth-order valence-corrected chi connectivity index (χ4v) is 5.09. The van der Waals surface area contributed by atoms with Gasteiger partial charge >= 0.3 is 7.12 Å². The van der Waals surface area contributed by atoms with Crippen LogP contribution < -0.4 is 16.2 Å². The first kappa shape index (κ1) is 25.3. The van der Waals surface area contributed by atoms with E-state index < -0.39 is 7.12 Å². The van der Waals surface area contributed by atoms with Crippen molar-refractivity contribution in [1.82, 2.24) is 4.98 Å². The Labute approximate surface area is 224 Å². The molecular formula is C27H24BCl2N3O4. The highest BCUT2D eigenvalue weighted by molar-refractivity contribution is 6.63. The van der Waals surface area contributed by atoms with Crippen molar-refractivity contribution in [3.8, 4) is 11.3 Å². The van der Waals surface area contributed by atoms with Gasteiger partial charge in [-0.25, -0.2) is 4.98 Å². The Bertz CT molecular complexity index is 1640. The summed E-state index contributed by atoms with van der Waals surface area (Å²) in [4.78, 5) is 17.7. The predicted octanol–water partition coefficient (Wildman–Crippen LogP) is 5.57. The van der Waals surface area contributed by atoms with Crippen molar-refractivity contribution < 1.29 is 14.2 Å². The number of hydrogen-bond donors (Lipinski definition) is 2. The summed E-state index contributed by atoms with van der Waals surface area (Å²) in [6, 6.07) is 10.9. The van der Waals surface area contributed by atoms with Gasteiger partial charge in [0, 0.05) is 40.2 Å². The van der Waals surface area contributed by atoms with Gasteiger partial charge in [0.2, 0.25) is 0 Å². The van der Waals surface area contributed by atoms with Crippen LogP contribution in [0.1, 0.15) is 47.8 Å². The van der Waals surface area contributed by atoms with Gasteiger partial charge in [-0.2, -0.15) is 0 Å². The van der Waals surface area contributed by atoms with Crippen LogP contribution in [0.2, 0.25) is 10.2 Å². The Hall–Kier alpha value is -3.33. The Balaban J connectivity index is 1.58. The zero-order chi connectivity index (χ0) is 26.4. The molecule has 0 spiro atoms. The van der Waals surface area contributed by atoms with Crippen molar-refractivity contribution in [1.29, 1.82) is 0 Å². The van der Waals surface area contributed by atoms with Gasteiger partial charge in [-0.15, -0.1) is 5.16 Å². The largest absolute Gasteiger partial charge is 0.583 e. The average Bonchev–Trinajstić information content (AvgIpc) is 2.86. The molecular weight excluding hydrogens is 512 g/mol. The average molecular weight is 536 g/mol. The minimum atomic E-state index is -1.19. The van der Waals surface area contributed by atoms with Crippen LogP contribution in [0, 0.1) is 13.8 Å². The second-order valence-electron chi connectivity index (χ2n) is 9.38. The molecule has 0 radical (unpaired) electrons. The van der Waals surface area contributed by atoms with Crippen molar-refractivity contribution in [3.63, 3.8) is 0 Å². The lowest BCUT2D eigenvalue weighted by atomic mass is 9.75. The number of aromatic nitrogens is 1. The lowest BCUT2D eigenvalue weighted by molar-refractivity contribution is 0.286. The number of anilines is 1. The highest BCUT2D eigenvalue weighted by atomic mass is 35.5. The van der Waals surface area contributed by atoms with E-state index in [0.29, 0.717) is 67.0 Å². The molecule has 0 bridgehead atoms. The van der Waals surface area contributed by atoms with Gasteiger partial charge in [0.25, 0.3) is 0 Å². The molecule has 0 amide bonds. The highest BCUT2D eigenvalue weighted by Gasteiger charge is 2.28. The van der Waals surface area contributed by atoms with Crippen LogP contribution in [0.3, 0.4) is 0 Å². The maximum atomic E-state index is 13.1. The van der Waals surface area contributed by atoms with Crippen molar-refractivity contribution in [3.05, 3.63) is 84.8 Å². The van der Waals surface area contributed by atoms with Crippen LogP contribution in [0.15, 0.2) is 50.8 Å². The SMILES string of the molecule is Cc1cc(CNc2ccc(Cl)nc2-c2ccc3c(c2Cl)C=NOB3O)c2oc(C(C)C)c(C)c(=O)c2c1. The molecule has 7 nitrogen and oxygen atoms in total. The summed E-state index contributed by atoms with van der Waals surface area (Å²) in [7, 11) is -1.19. The van der Waals surface area contributed by atoms with Gasteiger partial charge in [-0.05, 0) is 37.6 Å². The van der Waals surface area contributed by atoms with Gasteiger partial charge in [-0.3, -0.25) is 4.79 Å². The molecule has 0 saturated carbocycles. The van der Waals surface area contributed by atoms with E-state index in [4.69, 9.17) is 32.4 Å². The quantitative estimate of drug-likeness (QED) is 0.256. The summed E-state index contributed by atoms with van der Waals surface area (Å²) in [5.41, 5.74) is 5.89. The maximum Gasteiger partial charge on any atom is 0.583 e. The topological polar surface area (TPSA) is 97.0 Å². The molecule has 1 aliphatic heterocycles. The first-order chi connectivity index (χ1) is 17.7. The number of benzene rings is 2. The van der Waals surface area contributed by atoms with Crippen LogP contribution in [-0.4, -0.2) is 23.3 Å². The molecule has 0 unspecified atom stereocenters. The van der Waals surface area contributed by atoms with Crippen molar-refractivity contribution >= 4 is 58.7 Å². The van der Waals surface area contributed by atoms with Crippen LogP contribution in [0.4, 0.5) is 5.69 Å². The summed E-state index contributed by atoms with van der Waals surface area (Å²) < 4.78 is 11.2. The third-order valence-electron chi connectivity index (χ3n) is 6.41. The van der Waals surface area contributed by atoms with E-state index in [1.165, 1.54) is 6.21 Å². The number of fused-ring (bicyclic) bond motifs is 2. The molecule has 188 valence electrons. The summed E-state index contributed by atoms with van der Waals surface area (Å²) in [5, 5.41) is 18.5. The lowest BCUT2D eigenvalue weighted by Gasteiger charge is -2.18. The van der Waals surface area contributed by atoms with Gasteiger partial charge in [0.1, 0.15) is 16.5 Å². The molecule has 4 aromatic rings. The minimum Gasteiger partial charge on any atom is -0.460 e. The molecule has 0 atom stereocenters. The van der Waals surface area contributed by atoms with Gasteiger partial charge < -0.3 is 19.5 Å². The Kier molecular flexibility index (Phi) is 6.75. The molecule has 2 aromatic carbocycles. The predicted molar refractivity (Wildman–Crippen MR) is 149 cm³/mol. The van der Waals surface area contributed by atoms with E-state index in [0.717, 1.165) is 11.1 Å². The van der Waals surface area contributed by atoms with Gasteiger partial charge in [0.15, 0.2) is 5.43 Å². The standard InChI is InChI=1S/C27H24BCl2N3O4/c1-13(2)26-15(4)25(34)18-10-14(3)9-16(27(18)36-26)11-31-21-7-8-22(29)33-24(21)17-5-6-20-19(23(17)30)12-32-37-28(20)35/h5-10,12-13,31,35H,11H2,1-4H3. The van der Waals surface area contributed by atoms with Gasteiger partial charge in [0.05, 0.1) is 28.0 Å². The van der Waals surface area contributed by atoms with E-state index in [1.807, 2.05) is 45.9 Å². The lowest BCUT2D eigenvalue weighted by Crippen LogP contribution is -2.37. The van der Waals surface area contributed by atoms with E-state index in [2.05, 4.69) is 15.5 Å². The number of pyridine rings is 1. The number of nitrogens with one attached hydrogen (secondary N) is 1. The minimum absolute atomic E-state index is 0.0163. The number of halogens is 2. The van der Waals surface area contributed by atoms with E-state index in [-0.39, 0.29) is 11.3 Å². The first-order valence-electron chi connectivity index (χ1n) is 11.8. The number of aryl methyl sites for hydroxylation is 1. The normalized spacial score (nSPS) is 12.7. The van der Waals surface area contributed by atoms with E-state index >= 15 is 0 Å². The number of hydrogen-bond acceptors (Lipinski definition) is 7. The molecule has 2 aromatic heterocycles. The fourth-order valence-electron chi connectivity index (χ4n) is 4.63. The van der Waals surface area contributed by atoms with E-state index in [9.17, 15) is 9.82 Å². The molecule has 1 aliphatic rings. The third-order valence-corrected chi connectivity index (χ3v) is 7.03. The number of oxime groups is 1. The summed E-state index contributed by atoms with van der Waals surface area (Å²) >= 11 is 13.0. The Morgan fingerprint density at radius 3 is 2.68 bits per heavy atom. The summed E-state index contributed by atoms with van der Waals surface area (Å²) in [6.45, 7) is 8.15. The van der Waals surface area contributed by atoms with Crippen molar-refractivity contribution in [2.75, 3.05) is 5.32 Å². The van der Waals surface area contributed by atoms with Crippen LogP contribution >= 0.6 is 23.2 Å². The van der Waals surface area contributed by atoms with E-state index in [1.54, 1.807) is 18.2 Å². The monoisotopic (exact) mass is 535 g/mol. The molecule has 0 aliphatic carbocycles. The molecule has 3 heterocycles. The maximum absolute atomic E-state index is 13.1. The Morgan fingerprint density at radius 2 is 1.92 bits per heavy atom. The molecule has 5 rings (SSSR count). The van der Waals surface area contributed by atoms with Crippen molar-refractivity contribution in [2.24, 2.45) is 5.16 Å². The zero-order valence-electron chi connectivity index (χ0n) is 20.7. The second kappa shape index (κ2) is 9.86. The molecule has 37 heavy (non-hydrogen) atoms. The smallest absolute Gasteiger partial charge is 0.460 e. The second-order valence-corrected chi connectivity index (χ2v) is 10.1. The van der Waals surface area contributed by atoms with Gasteiger partial charge in [-0.1, -0.05) is 55.2 Å². The summed E-state index contributed by atoms with van der Waals surface area (Å²) in [5.74, 6) is 0.759. The molecule has 10 heteroatoms. The summed E-state index contributed by atoms with van der Waals surface area (Å²) in [6.07, 6.45) is 1.46. The van der Waals surface area contributed by atoms with Crippen LogP contribution in [-0.2, 0) is 11.3 Å². The van der Waals surface area contributed by atoms with Crippen molar-refractivity contribution in [2.45, 2.75) is 40.2 Å². The molecule has 0 saturated heterocycles. The first-order valence-corrected chi connectivity index (χ1v) is 12.6. The molecule has 0 fully saturated rings.